The Hall–Kier alpha value is 0.0500. The fourth-order valence-electron chi connectivity index (χ4n) is 1.64. The fourth-order valence-corrected chi connectivity index (χ4v) is 2.53. The van der Waals surface area contributed by atoms with Crippen LogP contribution in [-0.2, 0) is 6.42 Å². The summed E-state index contributed by atoms with van der Waals surface area (Å²) in [4.78, 5) is 8.42. The van der Waals surface area contributed by atoms with Gasteiger partial charge in [0.15, 0.2) is 5.96 Å². The maximum absolute atomic E-state index is 4.77. The molecule has 6 heteroatoms. The molecule has 0 spiro atoms. The van der Waals surface area contributed by atoms with Crippen molar-refractivity contribution in [2.75, 3.05) is 32.9 Å². The number of halogens is 1. The Kier molecular flexibility index (Phi) is 10.7. The zero-order valence-electron chi connectivity index (χ0n) is 13.7. The smallest absolute Gasteiger partial charge is 0.193 e. The van der Waals surface area contributed by atoms with Gasteiger partial charge in [-0.05, 0) is 44.9 Å². The van der Waals surface area contributed by atoms with Gasteiger partial charge in [-0.2, -0.15) is 11.8 Å². The highest BCUT2D eigenvalue weighted by molar-refractivity contribution is 14.0. The lowest BCUT2D eigenvalue weighted by Gasteiger charge is -2.24. The molecule has 0 saturated heterocycles. The van der Waals surface area contributed by atoms with E-state index in [0.717, 1.165) is 32.0 Å². The van der Waals surface area contributed by atoms with E-state index in [1.807, 2.05) is 23.1 Å². The van der Waals surface area contributed by atoms with E-state index in [4.69, 9.17) is 4.99 Å². The van der Waals surface area contributed by atoms with Crippen molar-refractivity contribution in [1.29, 1.82) is 0 Å². The number of hydrogen-bond acceptors (Lipinski definition) is 3. The fraction of sp³-hybridized carbons (Fsp3) is 0.667. The third-order valence-electron chi connectivity index (χ3n) is 3.13. The van der Waals surface area contributed by atoms with Gasteiger partial charge in [0.1, 0.15) is 0 Å². The van der Waals surface area contributed by atoms with Crippen LogP contribution in [0.5, 0.6) is 0 Å². The van der Waals surface area contributed by atoms with E-state index >= 15 is 0 Å². The van der Waals surface area contributed by atoms with Crippen LogP contribution in [0, 0.1) is 0 Å². The SMILES string of the molecule is CCNC(=NCC(C)(C)SC)N(C)CCc1cccs1.I. The first-order chi connectivity index (χ1) is 9.48. The van der Waals surface area contributed by atoms with Crippen molar-refractivity contribution in [2.24, 2.45) is 4.99 Å². The van der Waals surface area contributed by atoms with Crippen molar-refractivity contribution in [3.05, 3.63) is 22.4 Å². The molecule has 0 bridgehead atoms. The third kappa shape index (κ3) is 8.30. The summed E-state index contributed by atoms with van der Waals surface area (Å²) in [6.45, 7) is 9.31. The lowest BCUT2D eigenvalue weighted by Crippen LogP contribution is -2.40. The standard InChI is InChI=1S/C15H27N3S2.HI/c1-6-16-14(17-12-15(2,3)19-5)18(4)10-9-13-8-7-11-20-13;/h7-8,11H,6,9-10,12H2,1-5H3,(H,16,17);1H. The third-order valence-corrected chi connectivity index (χ3v) is 5.30. The number of thiophene rings is 1. The molecule has 1 N–H and O–H groups in total. The van der Waals surface area contributed by atoms with E-state index in [2.05, 4.69) is 61.8 Å². The highest BCUT2D eigenvalue weighted by Gasteiger charge is 2.16. The van der Waals surface area contributed by atoms with Gasteiger partial charge >= 0.3 is 0 Å². The second-order valence-corrected chi connectivity index (χ2v) is 7.93. The average molecular weight is 441 g/mol. The molecule has 1 aromatic rings. The molecular weight excluding hydrogens is 413 g/mol. The first-order valence-electron chi connectivity index (χ1n) is 7.05. The average Bonchev–Trinajstić information content (AvgIpc) is 2.94. The summed E-state index contributed by atoms with van der Waals surface area (Å²) >= 11 is 3.68. The number of rotatable bonds is 7. The van der Waals surface area contributed by atoms with Gasteiger partial charge in [-0.3, -0.25) is 4.99 Å². The molecular formula is C15H28IN3S2. The van der Waals surface area contributed by atoms with Gasteiger partial charge in [0.2, 0.25) is 0 Å². The summed E-state index contributed by atoms with van der Waals surface area (Å²) in [5.41, 5.74) is 0. The molecule has 0 radical (unpaired) electrons. The zero-order valence-corrected chi connectivity index (χ0v) is 17.6. The molecule has 122 valence electrons. The Morgan fingerprint density at radius 2 is 2.19 bits per heavy atom. The minimum atomic E-state index is 0. The predicted octanol–water partition coefficient (Wildman–Crippen LogP) is 3.95. The van der Waals surface area contributed by atoms with E-state index in [-0.39, 0.29) is 28.7 Å². The van der Waals surface area contributed by atoms with E-state index in [9.17, 15) is 0 Å². The molecule has 0 fully saturated rings. The summed E-state index contributed by atoms with van der Waals surface area (Å²) in [6.07, 6.45) is 3.22. The molecule has 0 atom stereocenters. The summed E-state index contributed by atoms with van der Waals surface area (Å²) in [7, 11) is 2.11. The monoisotopic (exact) mass is 441 g/mol. The minimum Gasteiger partial charge on any atom is -0.357 e. The molecule has 0 unspecified atom stereocenters. The van der Waals surface area contributed by atoms with Crippen molar-refractivity contribution < 1.29 is 0 Å². The molecule has 0 aliphatic carbocycles. The second kappa shape index (κ2) is 10.7. The van der Waals surface area contributed by atoms with Crippen molar-refractivity contribution in [1.82, 2.24) is 10.2 Å². The summed E-state index contributed by atoms with van der Waals surface area (Å²) < 4.78 is 0.190. The number of hydrogen-bond donors (Lipinski definition) is 1. The maximum Gasteiger partial charge on any atom is 0.193 e. The van der Waals surface area contributed by atoms with E-state index in [1.54, 1.807) is 0 Å². The van der Waals surface area contributed by atoms with Crippen LogP contribution in [0.15, 0.2) is 22.5 Å². The molecule has 1 aromatic heterocycles. The van der Waals surface area contributed by atoms with Gasteiger partial charge in [0, 0.05) is 29.8 Å². The van der Waals surface area contributed by atoms with Gasteiger partial charge < -0.3 is 10.2 Å². The van der Waals surface area contributed by atoms with Crippen molar-refractivity contribution >= 4 is 53.0 Å². The van der Waals surface area contributed by atoms with Crippen LogP contribution < -0.4 is 5.32 Å². The topological polar surface area (TPSA) is 27.6 Å². The van der Waals surface area contributed by atoms with Crippen LogP contribution in [0.2, 0.25) is 0 Å². The Bertz CT molecular complexity index is 405. The van der Waals surface area contributed by atoms with Crippen molar-refractivity contribution in [3.8, 4) is 0 Å². The van der Waals surface area contributed by atoms with E-state index < -0.39 is 0 Å². The first kappa shape index (κ1) is 21.0. The first-order valence-corrected chi connectivity index (χ1v) is 9.16. The van der Waals surface area contributed by atoms with Gasteiger partial charge in [-0.25, -0.2) is 0 Å². The molecule has 0 amide bonds. The Morgan fingerprint density at radius 3 is 2.71 bits per heavy atom. The summed E-state index contributed by atoms with van der Waals surface area (Å²) in [5, 5.41) is 5.51. The number of nitrogens with one attached hydrogen (secondary N) is 1. The van der Waals surface area contributed by atoms with Crippen molar-refractivity contribution in [2.45, 2.75) is 31.9 Å². The van der Waals surface area contributed by atoms with Crippen LogP contribution in [0.25, 0.3) is 0 Å². The molecule has 0 aromatic carbocycles. The zero-order chi connectivity index (χ0) is 15.0. The highest BCUT2D eigenvalue weighted by atomic mass is 127. The van der Waals surface area contributed by atoms with Crippen LogP contribution in [0.3, 0.4) is 0 Å². The number of guanidine groups is 1. The Morgan fingerprint density at radius 1 is 1.48 bits per heavy atom. The van der Waals surface area contributed by atoms with Gasteiger partial charge in [-0.1, -0.05) is 6.07 Å². The molecule has 1 rings (SSSR count). The van der Waals surface area contributed by atoms with Crippen molar-refractivity contribution in [3.63, 3.8) is 0 Å². The molecule has 3 nitrogen and oxygen atoms in total. The molecule has 21 heavy (non-hydrogen) atoms. The molecule has 1 heterocycles. The predicted molar refractivity (Wildman–Crippen MR) is 110 cm³/mol. The normalized spacial score (nSPS) is 12.0. The maximum atomic E-state index is 4.77. The van der Waals surface area contributed by atoms with E-state index in [0.29, 0.717) is 0 Å². The van der Waals surface area contributed by atoms with Gasteiger partial charge in [-0.15, -0.1) is 35.3 Å². The number of aliphatic imine (C=N–C) groups is 1. The number of likely N-dealkylation sites (N-methyl/N-ethyl adjacent to an activating group) is 1. The van der Waals surface area contributed by atoms with Crippen LogP contribution in [-0.4, -0.2) is 48.5 Å². The van der Waals surface area contributed by atoms with Gasteiger partial charge in [0.05, 0.1) is 6.54 Å². The Balaban J connectivity index is 0.00000400. The molecule has 0 aliphatic rings. The minimum absolute atomic E-state index is 0. The lowest BCUT2D eigenvalue weighted by atomic mass is 10.2. The van der Waals surface area contributed by atoms with Crippen LogP contribution in [0.4, 0.5) is 0 Å². The molecule has 0 aliphatic heterocycles. The second-order valence-electron chi connectivity index (χ2n) is 5.38. The molecule has 0 saturated carbocycles. The van der Waals surface area contributed by atoms with E-state index in [1.165, 1.54) is 4.88 Å². The van der Waals surface area contributed by atoms with Crippen LogP contribution in [0.1, 0.15) is 25.6 Å². The number of thioether (sulfide) groups is 1. The summed E-state index contributed by atoms with van der Waals surface area (Å²) in [5.74, 6) is 1.01. The largest absolute Gasteiger partial charge is 0.357 e. The summed E-state index contributed by atoms with van der Waals surface area (Å²) in [6, 6.07) is 4.31. The lowest BCUT2D eigenvalue weighted by molar-refractivity contribution is 0.485. The highest BCUT2D eigenvalue weighted by Crippen LogP contribution is 2.21. The quantitative estimate of drug-likeness (QED) is 0.395. The van der Waals surface area contributed by atoms with Gasteiger partial charge in [0.25, 0.3) is 0 Å². The number of nitrogens with zero attached hydrogens (tertiary/aromatic N) is 2. The van der Waals surface area contributed by atoms with Crippen LogP contribution >= 0.6 is 47.1 Å². The Labute approximate surface area is 155 Å².